The largest absolute Gasteiger partial charge is 0.350 e. The van der Waals surface area contributed by atoms with E-state index in [4.69, 9.17) is 4.52 Å². The van der Waals surface area contributed by atoms with E-state index in [1.807, 2.05) is 31.2 Å². The molecule has 0 aliphatic heterocycles. The third kappa shape index (κ3) is 3.90. The normalized spacial score (nSPS) is 12.8. The molecule has 0 aromatic heterocycles. The van der Waals surface area contributed by atoms with Gasteiger partial charge in [-0.05, 0) is 41.1 Å². The number of hydrogen-bond acceptors (Lipinski definition) is 2. The van der Waals surface area contributed by atoms with Crippen LogP contribution in [-0.2, 0) is 10.7 Å². The first-order chi connectivity index (χ1) is 6.24. The molecule has 0 fully saturated rings. The van der Waals surface area contributed by atoms with Gasteiger partial charge in [-0.25, -0.2) is 0 Å². The smallest absolute Gasteiger partial charge is 0.172 e. The van der Waals surface area contributed by atoms with Crippen LogP contribution in [-0.4, -0.2) is 11.5 Å². The number of benzene rings is 1. The van der Waals surface area contributed by atoms with E-state index < -0.39 is 8.38 Å². The SMILES string of the molecule is CCOP(O)Cc1ccccc1I. The molecule has 0 saturated carbocycles. The van der Waals surface area contributed by atoms with E-state index in [0.29, 0.717) is 12.8 Å². The summed E-state index contributed by atoms with van der Waals surface area (Å²) in [5.74, 6) is 0. The molecule has 0 aliphatic carbocycles. The second-order valence-electron chi connectivity index (χ2n) is 2.52. The van der Waals surface area contributed by atoms with Gasteiger partial charge in [0.2, 0.25) is 0 Å². The summed E-state index contributed by atoms with van der Waals surface area (Å²) in [5.41, 5.74) is 1.16. The number of rotatable bonds is 4. The van der Waals surface area contributed by atoms with Crippen molar-refractivity contribution in [2.75, 3.05) is 6.61 Å². The molecule has 1 rings (SSSR count). The highest BCUT2D eigenvalue weighted by Gasteiger charge is 2.07. The molecule has 4 heteroatoms. The van der Waals surface area contributed by atoms with Gasteiger partial charge in [-0.15, -0.1) is 0 Å². The Hall–Kier alpha value is 0.300. The third-order valence-corrected chi connectivity index (χ3v) is 3.76. The molecular weight excluding hydrogens is 298 g/mol. The molecule has 1 atom stereocenters. The van der Waals surface area contributed by atoms with Gasteiger partial charge in [0.1, 0.15) is 0 Å². The van der Waals surface area contributed by atoms with E-state index in [1.165, 1.54) is 3.57 Å². The Labute approximate surface area is 93.4 Å². The Morgan fingerprint density at radius 1 is 1.46 bits per heavy atom. The molecule has 0 heterocycles. The summed E-state index contributed by atoms with van der Waals surface area (Å²) in [7, 11) is -1.28. The lowest BCUT2D eigenvalue weighted by molar-refractivity contribution is 0.328. The Morgan fingerprint density at radius 2 is 2.15 bits per heavy atom. The minimum atomic E-state index is -1.28. The van der Waals surface area contributed by atoms with Crippen molar-refractivity contribution in [1.29, 1.82) is 0 Å². The second-order valence-corrected chi connectivity index (χ2v) is 4.96. The van der Waals surface area contributed by atoms with E-state index in [9.17, 15) is 4.89 Å². The van der Waals surface area contributed by atoms with Crippen molar-refractivity contribution in [1.82, 2.24) is 0 Å². The Balaban J connectivity index is 2.58. The Morgan fingerprint density at radius 3 is 2.77 bits per heavy atom. The van der Waals surface area contributed by atoms with Crippen molar-refractivity contribution in [2.45, 2.75) is 13.1 Å². The minimum absolute atomic E-state index is 0.575. The maximum atomic E-state index is 9.47. The summed E-state index contributed by atoms with van der Waals surface area (Å²) < 4.78 is 6.30. The molecule has 13 heavy (non-hydrogen) atoms. The van der Waals surface area contributed by atoms with Gasteiger partial charge in [-0.2, -0.15) is 0 Å². The van der Waals surface area contributed by atoms with Gasteiger partial charge in [0, 0.05) is 9.73 Å². The van der Waals surface area contributed by atoms with Crippen LogP contribution < -0.4 is 0 Å². The van der Waals surface area contributed by atoms with Gasteiger partial charge in [0.25, 0.3) is 0 Å². The Kier molecular flexibility index (Phi) is 5.17. The van der Waals surface area contributed by atoms with E-state index in [-0.39, 0.29) is 0 Å². The highest BCUT2D eigenvalue weighted by Crippen LogP contribution is 2.36. The van der Waals surface area contributed by atoms with E-state index in [0.717, 1.165) is 5.56 Å². The van der Waals surface area contributed by atoms with Crippen molar-refractivity contribution >= 4 is 31.0 Å². The van der Waals surface area contributed by atoms with Crippen molar-refractivity contribution in [2.24, 2.45) is 0 Å². The van der Waals surface area contributed by atoms with Crippen LogP contribution in [0.25, 0.3) is 0 Å². The highest BCUT2D eigenvalue weighted by atomic mass is 127. The molecule has 0 saturated heterocycles. The molecule has 0 aliphatic rings. The summed E-state index contributed by atoms with van der Waals surface area (Å²) >= 11 is 2.27. The molecule has 0 radical (unpaired) electrons. The van der Waals surface area contributed by atoms with Gasteiger partial charge in [0.05, 0.1) is 6.61 Å². The summed E-state index contributed by atoms with van der Waals surface area (Å²) in [6.45, 7) is 2.47. The van der Waals surface area contributed by atoms with Crippen LogP contribution in [0.3, 0.4) is 0 Å². The molecule has 0 bridgehead atoms. The average Bonchev–Trinajstić information content (AvgIpc) is 2.09. The highest BCUT2D eigenvalue weighted by molar-refractivity contribution is 14.1. The zero-order chi connectivity index (χ0) is 9.68. The molecule has 1 N–H and O–H groups in total. The molecular formula is C9H12IO2P. The first-order valence-electron chi connectivity index (χ1n) is 4.06. The predicted octanol–water partition coefficient (Wildman–Crippen LogP) is 3.13. The number of hydrogen-bond donors (Lipinski definition) is 1. The van der Waals surface area contributed by atoms with Gasteiger partial charge in [0.15, 0.2) is 8.38 Å². The van der Waals surface area contributed by atoms with Crippen LogP contribution in [0.5, 0.6) is 0 Å². The predicted molar refractivity (Wildman–Crippen MR) is 63.6 cm³/mol. The lowest BCUT2D eigenvalue weighted by Crippen LogP contribution is -1.90. The van der Waals surface area contributed by atoms with Crippen LogP contribution in [0.4, 0.5) is 0 Å². The fourth-order valence-electron chi connectivity index (χ4n) is 0.967. The maximum absolute atomic E-state index is 9.47. The third-order valence-electron chi connectivity index (χ3n) is 1.54. The molecule has 0 spiro atoms. The summed E-state index contributed by atoms with van der Waals surface area (Å²) in [6, 6.07) is 8.02. The standard InChI is InChI=1S/C9H12IO2P/c1-2-12-13(11)7-8-5-3-4-6-9(8)10/h3-6,11H,2,7H2,1H3. The van der Waals surface area contributed by atoms with Crippen molar-refractivity contribution in [3.05, 3.63) is 33.4 Å². The quantitative estimate of drug-likeness (QED) is 0.684. The fraction of sp³-hybridized carbons (Fsp3) is 0.333. The molecule has 1 unspecified atom stereocenters. The maximum Gasteiger partial charge on any atom is 0.172 e. The lowest BCUT2D eigenvalue weighted by Gasteiger charge is -2.10. The van der Waals surface area contributed by atoms with E-state index in [2.05, 4.69) is 22.6 Å². The molecule has 2 nitrogen and oxygen atoms in total. The molecule has 72 valence electrons. The van der Waals surface area contributed by atoms with Gasteiger partial charge < -0.3 is 9.42 Å². The monoisotopic (exact) mass is 310 g/mol. The van der Waals surface area contributed by atoms with Crippen molar-refractivity contribution < 1.29 is 9.42 Å². The topological polar surface area (TPSA) is 29.5 Å². The minimum Gasteiger partial charge on any atom is -0.350 e. The van der Waals surface area contributed by atoms with Crippen LogP contribution in [0.1, 0.15) is 12.5 Å². The molecule has 1 aromatic carbocycles. The van der Waals surface area contributed by atoms with Crippen LogP contribution in [0, 0.1) is 3.57 Å². The summed E-state index contributed by atoms with van der Waals surface area (Å²) in [6.07, 6.45) is 0.627. The molecule has 1 aromatic rings. The second kappa shape index (κ2) is 5.91. The Bertz CT molecular complexity index is 268. The van der Waals surface area contributed by atoms with Crippen LogP contribution in [0.15, 0.2) is 24.3 Å². The van der Waals surface area contributed by atoms with Crippen molar-refractivity contribution in [3.8, 4) is 0 Å². The molecule has 0 amide bonds. The van der Waals surface area contributed by atoms with Gasteiger partial charge in [-0.3, -0.25) is 0 Å². The van der Waals surface area contributed by atoms with E-state index in [1.54, 1.807) is 0 Å². The van der Waals surface area contributed by atoms with Gasteiger partial charge in [-0.1, -0.05) is 18.2 Å². The summed E-state index contributed by atoms with van der Waals surface area (Å²) in [5, 5.41) is 0. The van der Waals surface area contributed by atoms with Crippen molar-refractivity contribution in [3.63, 3.8) is 0 Å². The van der Waals surface area contributed by atoms with Crippen LogP contribution in [0.2, 0.25) is 0 Å². The zero-order valence-electron chi connectivity index (χ0n) is 7.40. The number of halogens is 1. The zero-order valence-corrected chi connectivity index (χ0v) is 10.5. The lowest BCUT2D eigenvalue weighted by atomic mass is 10.2. The summed E-state index contributed by atoms with van der Waals surface area (Å²) in [4.78, 5) is 9.47. The fourth-order valence-corrected chi connectivity index (χ4v) is 2.80. The van der Waals surface area contributed by atoms with Gasteiger partial charge >= 0.3 is 0 Å². The average molecular weight is 310 g/mol. The van der Waals surface area contributed by atoms with E-state index >= 15 is 0 Å². The first-order valence-corrected chi connectivity index (χ1v) is 6.54. The first kappa shape index (κ1) is 11.4. The van der Waals surface area contributed by atoms with Crippen LogP contribution >= 0.6 is 31.0 Å².